The number of carbonyl (C=O) groups is 11. The van der Waals surface area contributed by atoms with Gasteiger partial charge in [0.2, 0.25) is 59.1 Å². The second-order valence-corrected chi connectivity index (χ2v) is 26.6. The summed E-state index contributed by atoms with van der Waals surface area (Å²) in [6.07, 6.45) is 3.61. The summed E-state index contributed by atoms with van der Waals surface area (Å²) in [4.78, 5) is 175. The average molecular weight is 1260 g/mol. The lowest BCUT2D eigenvalue weighted by Gasteiger charge is -2.50. The Kier molecular flexibility index (Phi) is 31.9. The molecule has 0 aromatic carbocycles. The molecule has 2 saturated heterocycles. The quantitative estimate of drug-likeness (QED) is 0.0974. The number of unbranched alkanes of at least 4 members (excludes halogenated alkanes) is 1. The Morgan fingerprint density at radius 1 is 0.517 bits per heavy atom. The summed E-state index contributed by atoms with van der Waals surface area (Å²) in [7, 11) is 8.54. The zero-order valence-electron chi connectivity index (χ0n) is 57.9. The molecule has 11 amide bonds. The summed E-state index contributed by atoms with van der Waals surface area (Å²) >= 11 is 0. The molecule has 0 aromatic heterocycles. The lowest BCUT2D eigenvalue weighted by atomic mass is 9.90. The highest BCUT2D eigenvalue weighted by Crippen LogP contribution is 2.34. The minimum absolute atomic E-state index is 0.0405. The van der Waals surface area contributed by atoms with Crippen molar-refractivity contribution in [2.45, 2.75) is 241 Å². The highest BCUT2D eigenvalue weighted by molar-refractivity contribution is 6.00. The number of aliphatic hydroxyl groups excluding tert-OH is 1. The summed E-state index contributed by atoms with van der Waals surface area (Å²) < 4.78 is 6.10. The molecule has 508 valence electrons. The molecule has 25 nitrogen and oxygen atoms in total. The fraction of sp³-hybridized carbons (Fsp3) is 0.797. The standard InChI is InChI=1S/C64H113N11O14/c1-24-26-29-40(13)53-52-57(80)67-45(25-2)60(83)69(18)43(16)59(82)74(23)51(44(17)88-31-28-27-30-76)56(79)68-49(38(9)10)63(86)70(19)46(32-35(3)4)55(78)65-41(14)54(77)66-42(15)58(81)71(20)47(33-36(5)6)61(84)72(21)48(34-37(7)8)62(85)73(22)50(39(11)12)64(87)75(52)89-53/h24,26,35-53,76H,25,27-34H2,1-23H3,(H,65,78)(H,66,77)(H,67,80)(H,68,79)/b26-24+/t40-,41+,42-,43-,44+,45+,46+,47+,48+,49+,50+,51+,52+,53-/m1/s1. The van der Waals surface area contributed by atoms with Crippen molar-refractivity contribution in [3.63, 3.8) is 0 Å². The van der Waals surface area contributed by atoms with E-state index in [1.54, 1.807) is 41.5 Å². The zero-order chi connectivity index (χ0) is 68.4. The maximum atomic E-state index is 15.1. The van der Waals surface area contributed by atoms with Crippen LogP contribution in [-0.2, 0) is 62.3 Å². The SMILES string of the molecule is C/C=C/C[C@@H](C)[C@H]1ON2C(=O)[C@H](C(C)C)N(C)C(=O)[C@H](CC(C)C)N(C)C(=O)[C@H](CC(C)C)N(C)C(=O)[C@@H](C)NC(=O)[C@H](C)NC(=O)[C@H](CC(C)C)N(C)C(=O)[C@H](C(C)C)NC(=O)[C@H]([C@H](C)OCCCCO)N(C)C(=O)[C@@H](C)N(C)C(=O)[C@H](CC)NC(=O)[C@H]12. The van der Waals surface area contributed by atoms with Gasteiger partial charge in [-0.25, -0.2) is 5.06 Å². The van der Waals surface area contributed by atoms with Gasteiger partial charge in [-0.2, -0.15) is 0 Å². The van der Waals surface area contributed by atoms with Crippen LogP contribution in [0.2, 0.25) is 0 Å². The number of likely N-dealkylation sites (N-methyl/N-ethyl adjacent to an activating group) is 6. The number of hydrogen-bond donors (Lipinski definition) is 5. The van der Waals surface area contributed by atoms with Crippen LogP contribution in [-0.4, -0.2) is 239 Å². The molecule has 25 heteroatoms. The van der Waals surface area contributed by atoms with Crippen molar-refractivity contribution in [1.82, 2.24) is 55.7 Å². The molecule has 5 N–H and O–H groups in total. The van der Waals surface area contributed by atoms with Crippen molar-refractivity contribution in [1.29, 1.82) is 0 Å². The van der Waals surface area contributed by atoms with Crippen molar-refractivity contribution in [3.05, 3.63) is 12.2 Å². The van der Waals surface area contributed by atoms with Gasteiger partial charge in [0.15, 0.2) is 6.04 Å². The van der Waals surface area contributed by atoms with Crippen LogP contribution in [0.15, 0.2) is 12.2 Å². The van der Waals surface area contributed by atoms with Gasteiger partial charge in [-0.1, -0.05) is 95.2 Å². The maximum absolute atomic E-state index is 15.1. The first-order chi connectivity index (χ1) is 41.4. The number of allylic oxidation sites excluding steroid dienone is 2. The molecule has 0 radical (unpaired) electrons. The topological polar surface area (TPSA) is 297 Å². The van der Waals surface area contributed by atoms with E-state index < -0.39 is 155 Å². The number of ether oxygens (including phenoxy) is 1. The van der Waals surface area contributed by atoms with Crippen LogP contribution >= 0.6 is 0 Å². The molecular formula is C64H113N11O14. The van der Waals surface area contributed by atoms with E-state index >= 15 is 9.59 Å². The molecule has 2 rings (SSSR count). The number of hydrogen-bond acceptors (Lipinski definition) is 14. The number of amides is 11. The van der Waals surface area contributed by atoms with E-state index in [9.17, 15) is 48.3 Å². The molecule has 0 saturated carbocycles. The molecule has 0 aliphatic carbocycles. The number of nitrogens with one attached hydrogen (secondary N) is 4. The first kappa shape index (κ1) is 78.9. The minimum Gasteiger partial charge on any atom is -0.396 e. The zero-order valence-corrected chi connectivity index (χ0v) is 57.9. The summed E-state index contributed by atoms with van der Waals surface area (Å²) in [6.45, 7) is 29.3. The molecule has 0 bridgehead atoms. The van der Waals surface area contributed by atoms with Gasteiger partial charge in [0.1, 0.15) is 66.5 Å². The Morgan fingerprint density at radius 2 is 1.01 bits per heavy atom. The van der Waals surface area contributed by atoms with Crippen LogP contribution in [0, 0.1) is 35.5 Å². The van der Waals surface area contributed by atoms with Crippen molar-refractivity contribution in [2.24, 2.45) is 35.5 Å². The van der Waals surface area contributed by atoms with Gasteiger partial charge in [0, 0.05) is 55.5 Å². The van der Waals surface area contributed by atoms with E-state index in [4.69, 9.17) is 9.57 Å². The second-order valence-electron chi connectivity index (χ2n) is 26.6. The normalized spacial score (nSPS) is 28.3. The van der Waals surface area contributed by atoms with Crippen molar-refractivity contribution >= 4 is 65.0 Å². The Morgan fingerprint density at radius 3 is 1.51 bits per heavy atom. The Bertz CT molecular complexity index is 2460. The molecule has 0 spiro atoms. The van der Waals surface area contributed by atoms with Crippen molar-refractivity contribution in [3.8, 4) is 0 Å². The van der Waals surface area contributed by atoms with Crippen LogP contribution in [0.3, 0.4) is 0 Å². The molecule has 89 heavy (non-hydrogen) atoms. The molecule has 2 heterocycles. The van der Waals surface area contributed by atoms with E-state index in [-0.39, 0.29) is 62.6 Å². The first-order valence-electron chi connectivity index (χ1n) is 32.0. The number of fused-ring (bicyclic) bond motifs is 1. The van der Waals surface area contributed by atoms with Crippen LogP contribution in [0.25, 0.3) is 0 Å². The third-order valence-electron chi connectivity index (χ3n) is 17.1. The van der Waals surface area contributed by atoms with Crippen LogP contribution in [0.1, 0.15) is 163 Å². The predicted octanol–water partition coefficient (Wildman–Crippen LogP) is 3.11. The van der Waals surface area contributed by atoms with Gasteiger partial charge in [-0.15, -0.1) is 0 Å². The highest BCUT2D eigenvalue weighted by Gasteiger charge is 2.54. The fourth-order valence-electron chi connectivity index (χ4n) is 11.4. The van der Waals surface area contributed by atoms with Crippen LogP contribution < -0.4 is 21.3 Å². The lowest BCUT2D eigenvalue weighted by molar-refractivity contribution is -0.321. The summed E-state index contributed by atoms with van der Waals surface area (Å²) in [5.41, 5.74) is 0. The van der Waals surface area contributed by atoms with Gasteiger partial charge in [0.25, 0.3) is 5.91 Å². The van der Waals surface area contributed by atoms with Crippen molar-refractivity contribution in [2.75, 3.05) is 55.5 Å². The van der Waals surface area contributed by atoms with Gasteiger partial charge in [0.05, 0.1) is 6.10 Å². The fourth-order valence-corrected chi connectivity index (χ4v) is 11.4. The second kappa shape index (κ2) is 36.0. The van der Waals surface area contributed by atoms with Gasteiger partial charge >= 0.3 is 0 Å². The number of rotatable bonds is 18. The third-order valence-corrected chi connectivity index (χ3v) is 17.1. The third kappa shape index (κ3) is 20.9. The Labute approximate surface area is 530 Å². The summed E-state index contributed by atoms with van der Waals surface area (Å²) in [6, 6.07) is -13.7. The minimum atomic E-state index is -1.42. The summed E-state index contributed by atoms with van der Waals surface area (Å²) in [5.74, 6) is -9.50. The smallest absolute Gasteiger partial charge is 0.270 e. The number of hydroxylamine groups is 2. The summed E-state index contributed by atoms with van der Waals surface area (Å²) in [5, 5.41) is 21.5. The first-order valence-corrected chi connectivity index (χ1v) is 32.0. The largest absolute Gasteiger partial charge is 0.396 e. The molecule has 2 aliphatic heterocycles. The molecular weight excluding hydrogens is 1150 g/mol. The molecule has 0 aromatic rings. The van der Waals surface area contributed by atoms with Crippen molar-refractivity contribution < 1.29 is 67.4 Å². The van der Waals surface area contributed by atoms with E-state index in [2.05, 4.69) is 21.3 Å². The number of carbonyl (C=O) groups excluding carboxylic acids is 11. The molecule has 14 atom stereocenters. The van der Waals surface area contributed by atoms with Gasteiger partial charge in [-0.3, -0.25) is 57.6 Å². The monoisotopic (exact) mass is 1260 g/mol. The molecule has 2 fully saturated rings. The van der Waals surface area contributed by atoms with E-state index in [0.29, 0.717) is 19.3 Å². The average Bonchev–Trinajstić information content (AvgIpc) is 0.960. The predicted molar refractivity (Wildman–Crippen MR) is 338 cm³/mol. The number of aliphatic hydroxyl groups is 1. The van der Waals surface area contributed by atoms with Gasteiger partial charge < -0.3 is 60.5 Å². The lowest BCUT2D eigenvalue weighted by Crippen LogP contribution is -2.72. The molecule has 0 unspecified atom stereocenters. The van der Waals surface area contributed by atoms with E-state index in [1.165, 1.54) is 82.7 Å². The number of nitrogens with zero attached hydrogens (tertiary/aromatic N) is 7. The van der Waals surface area contributed by atoms with Gasteiger partial charge in [-0.05, 0) is 115 Å². The van der Waals surface area contributed by atoms with Crippen LogP contribution in [0.5, 0.6) is 0 Å². The maximum Gasteiger partial charge on any atom is 0.270 e. The molecule has 2 aliphatic rings. The van der Waals surface area contributed by atoms with E-state index in [0.717, 1.165) is 14.9 Å². The Hall–Kier alpha value is -6.21. The highest BCUT2D eigenvalue weighted by atomic mass is 16.7. The van der Waals surface area contributed by atoms with E-state index in [1.807, 2.05) is 67.5 Å². The Balaban J connectivity index is 2.99. The van der Waals surface area contributed by atoms with Crippen LogP contribution in [0.4, 0.5) is 0 Å².